The Morgan fingerprint density at radius 2 is 1.78 bits per heavy atom. The molecule has 2 N–H and O–H groups in total. The highest BCUT2D eigenvalue weighted by Gasteiger charge is 2.21. The highest BCUT2D eigenvalue weighted by atomic mass is 19.1. The zero-order valence-electron chi connectivity index (χ0n) is 15.4. The number of nitrogens with zero attached hydrogens (tertiary/aromatic N) is 3. The van der Waals surface area contributed by atoms with Crippen LogP contribution in [0.1, 0.15) is 30.7 Å². The van der Waals surface area contributed by atoms with Crippen LogP contribution in [0.5, 0.6) is 0 Å². The molecule has 5 heteroatoms. The van der Waals surface area contributed by atoms with Crippen molar-refractivity contribution in [3.8, 4) is 17.3 Å². The van der Waals surface area contributed by atoms with Crippen LogP contribution in [-0.2, 0) is 12.8 Å². The van der Waals surface area contributed by atoms with Crippen LogP contribution < -0.4 is 5.73 Å². The molecule has 0 bridgehead atoms. The van der Waals surface area contributed by atoms with Crippen molar-refractivity contribution < 1.29 is 4.39 Å². The van der Waals surface area contributed by atoms with Crippen LogP contribution in [0.2, 0.25) is 0 Å². The third-order valence-corrected chi connectivity index (χ3v) is 4.37. The summed E-state index contributed by atoms with van der Waals surface area (Å²) in [5.41, 5.74) is 9.06. The molecule has 136 valence electrons. The fourth-order valence-corrected chi connectivity index (χ4v) is 3.22. The monoisotopic (exact) mass is 360 g/mol. The summed E-state index contributed by atoms with van der Waals surface area (Å²) < 4.78 is 14.0. The Morgan fingerprint density at radius 1 is 1.04 bits per heavy atom. The predicted octanol–water partition coefficient (Wildman–Crippen LogP) is 4.55. The Labute approximate surface area is 158 Å². The minimum absolute atomic E-state index is 0.00463. The Morgan fingerprint density at radius 3 is 2.44 bits per heavy atom. The number of anilines is 1. The molecule has 0 amide bonds. The van der Waals surface area contributed by atoms with E-state index in [0.29, 0.717) is 17.7 Å². The Hall–Kier alpha value is -3.26. The number of nitrogen functional groups attached to an aromatic ring is 1. The number of aromatic nitrogens is 2. The highest BCUT2D eigenvalue weighted by Crippen LogP contribution is 2.28. The second kappa shape index (κ2) is 7.55. The van der Waals surface area contributed by atoms with Crippen LogP contribution in [0.15, 0.2) is 54.6 Å². The summed E-state index contributed by atoms with van der Waals surface area (Å²) in [5, 5.41) is 8.88. The van der Waals surface area contributed by atoms with Gasteiger partial charge in [0.15, 0.2) is 0 Å². The maximum Gasteiger partial charge on any atom is 0.220 e. The number of halogens is 1. The van der Waals surface area contributed by atoms with E-state index in [1.807, 2.05) is 30.3 Å². The molecule has 0 saturated heterocycles. The first-order valence-corrected chi connectivity index (χ1v) is 8.74. The highest BCUT2D eigenvalue weighted by molar-refractivity contribution is 5.62. The minimum atomic E-state index is -0.571. The third-order valence-electron chi connectivity index (χ3n) is 4.37. The van der Waals surface area contributed by atoms with E-state index >= 15 is 0 Å². The second-order valence-corrected chi connectivity index (χ2v) is 7.41. The van der Waals surface area contributed by atoms with E-state index in [4.69, 9.17) is 11.0 Å². The molecule has 0 unspecified atom stereocenters. The quantitative estimate of drug-likeness (QED) is 0.724. The summed E-state index contributed by atoms with van der Waals surface area (Å²) in [6.45, 7) is 4.36. The molecule has 0 fully saturated rings. The van der Waals surface area contributed by atoms with Gasteiger partial charge in [0.25, 0.3) is 0 Å². The zero-order chi connectivity index (χ0) is 19.4. The third kappa shape index (κ3) is 4.68. The van der Waals surface area contributed by atoms with Crippen molar-refractivity contribution in [3.63, 3.8) is 0 Å². The maximum atomic E-state index is 14.0. The number of nitriles is 1. The van der Waals surface area contributed by atoms with Gasteiger partial charge in [-0.05, 0) is 42.0 Å². The Bertz CT molecular complexity index is 991. The number of nitrogens with two attached hydrogens (primary N) is 1. The van der Waals surface area contributed by atoms with E-state index in [2.05, 4.69) is 35.9 Å². The summed E-state index contributed by atoms with van der Waals surface area (Å²) in [6, 6.07) is 18.4. The fourth-order valence-electron chi connectivity index (χ4n) is 3.22. The van der Waals surface area contributed by atoms with E-state index in [0.717, 1.165) is 12.1 Å². The topological polar surface area (TPSA) is 75.6 Å². The first kappa shape index (κ1) is 18.5. The molecule has 1 aromatic heterocycles. The lowest BCUT2D eigenvalue weighted by Gasteiger charge is -2.24. The normalized spacial score (nSPS) is 11.2. The lowest BCUT2D eigenvalue weighted by molar-refractivity contribution is 0.357. The molecule has 2 aromatic carbocycles. The van der Waals surface area contributed by atoms with Gasteiger partial charge < -0.3 is 5.73 Å². The summed E-state index contributed by atoms with van der Waals surface area (Å²) >= 11 is 0. The van der Waals surface area contributed by atoms with Gasteiger partial charge in [-0.3, -0.25) is 0 Å². The average Bonchev–Trinajstić information content (AvgIpc) is 2.61. The Balaban J connectivity index is 1.87. The largest absolute Gasteiger partial charge is 0.368 e. The van der Waals surface area contributed by atoms with Crippen molar-refractivity contribution in [2.75, 3.05) is 5.73 Å². The van der Waals surface area contributed by atoms with Gasteiger partial charge in [0.2, 0.25) is 5.95 Å². The lowest BCUT2D eigenvalue weighted by atomic mass is 9.81. The van der Waals surface area contributed by atoms with Crippen LogP contribution in [0.4, 0.5) is 10.3 Å². The van der Waals surface area contributed by atoms with E-state index in [1.54, 1.807) is 6.07 Å². The lowest BCUT2D eigenvalue weighted by Crippen LogP contribution is -2.19. The molecule has 0 aliphatic rings. The van der Waals surface area contributed by atoms with Crippen molar-refractivity contribution in [2.24, 2.45) is 5.41 Å². The van der Waals surface area contributed by atoms with Gasteiger partial charge in [0.1, 0.15) is 11.9 Å². The number of benzene rings is 2. The van der Waals surface area contributed by atoms with Crippen LogP contribution >= 0.6 is 0 Å². The minimum Gasteiger partial charge on any atom is -0.368 e. The van der Waals surface area contributed by atoms with E-state index in [-0.39, 0.29) is 16.9 Å². The standard InChI is InChI=1S/C22H21FN4/c1-22(2,12-15-6-4-3-5-7-15)13-18-11-20(27-21(25)26-18)16-8-9-17(14-24)19(23)10-16/h3-11H,12-13H2,1-2H3,(H2,25,26,27). The molecule has 0 aliphatic heterocycles. The zero-order valence-corrected chi connectivity index (χ0v) is 15.4. The summed E-state index contributed by atoms with van der Waals surface area (Å²) in [6.07, 6.45) is 1.61. The average molecular weight is 360 g/mol. The summed E-state index contributed by atoms with van der Waals surface area (Å²) in [7, 11) is 0. The predicted molar refractivity (Wildman–Crippen MR) is 104 cm³/mol. The van der Waals surface area contributed by atoms with Crippen LogP contribution in [-0.4, -0.2) is 9.97 Å². The molecule has 1 heterocycles. The number of hydrogen-bond acceptors (Lipinski definition) is 4. The molecule has 0 radical (unpaired) electrons. The molecule has 0 atom stereocenters. The molecule has 3 aromatic rings. The Kier molecular flexibility index (Phi) is 5.18. The first-order valence-electron chi connectivity index (χ1n) is 8.74. The molecular formula is C22H21FN4. The van der Waals surface area contributed by atoms with Crippen molar-refractivity contribution in [2.45, 2.75) is 26.7 Å². The van der Waals surface area contributed by atoms with E-state index in [1.165, 1.54) is 17.7 Å². The number of rotatable bonds is 5. The summed E-state index contributed by atoms with van der Waals surface area (Å²) in [4.78, 5) is 8.59. The van der Waals surface area contributed by atoms with Crippen molar-refractivity contribution >= 4 is 5.95 Å². The SMILES string of the molecule is CC(C)(Cc1ccccc1)Cc1cc(-c2ccc(C#N)c(F)c2)nc(N)n1. The summed E-state index contributed by atoms with van der Waals surface area (Å²) in [5.74, 6) is -0.416. The molecule has 3 rings (SSSR count). The van der Waals surface area contributed by atoms with E-state index in [9.17, 15) is 4.39 Å². The van der Waals surface area contributed by atoms with Crippen LogP contribution in [0, 0.1) is 22.6 Å². The fraction of sp³-hybridized carbons (Fsp3) is 0.227. The molecule has 4 nitrogen and oxygen atoms in total. The van der Waals surface area contributed by atoms with Gasteiger partial charge in [-0.15, -0.1) is 0 Å². The van der Waals surface area contributed by atoms with Gasteiger partial charge in [0, 0.05) is 11.3 Å². The molecule has 27 heavy (non-hydrogen) atoms. The smallest absolute Gasteiger partial charge is 0.220 e. The number of hydrogen-bond donors (Lipinski definition) is 1. The van der Waals surface area contributed by atoms with Gasteiger partial charge in [-0.1, -0.05) is 50.2 Å². The van der Waals surface area contributed by atoms with Crippen LogP contribution in [0.3, 0.4) is 0 Å². The van der Waals surface area contributed by atoms with Crippen molar-refractivity contribution in [1.82, 2.24) is 9.97 Å². The van der Waals surface area contributed by atoms with Gasteiger partial charge >= 0.3 is 0 Å². The molecule has 0 spiro atoms. The second-order valence-electron chi connectivity index (χ2n) is 7.41. The van der Waals surface area contributed by atoms with Gasteiger partial charge in [-0.2, -0.15) is 5.26 Å². The van der Waals surface area contributed by atoms with Gasteiger partial charge in [0.05, 0.1) is 11.3 Å². The molecule has 0 aliphatic carbocycles. The maximum absolute atomic E-state index is 14.0. The van der Waals surface area contributed by atoms with Gasteiger partial charge in [-0.25, -0.2) is 14.4 Å². The molecular weight excluding hydrogens is 339 g/mol. The van der Waals surface area contributed by atoms with Crippen LogP contribution in [0.25, 0.3) is 11.3 Å². The first-order chi connectivity index (χ1) is 12.9. The van der Waals surface area contributed by atoms with Crippen molar-refractivity contribution in [3.05, 3.63) is 77.2 Å². The van der Waals surface area contributed by atoms with Crippen molar-refractivity contribution in [1.29, 1.82) is 5.26 Å². The van der Waals surface area contributed by atoms with E-state index < -0.39 is 5.82 Å². The molecule has 0 saturated carbocycles.